The summed E-state index contributed by atoms with van der Waals surface area (Å²) in [6, 6.07) is 9.04. The van der Waals surface area contributed by atoms with Crippen LogP contribution in [0.1, 0.15) is 55.7 Å². The highest BCUT2D eigenvalue weighted by atomic mass is 16.7. The van der Waals surface area contributed by atoms with E-state index in [1.807, 2.05) is 0 Å². The van der Waals surface area contributed by atoms with Gasteiger partial charge in [-0.2, -0.15) is 0 Å². The van der Waals surface area contributed by atoms with Gasteiger partial charge < -0.3 is 14.8 Å². The Morgan fingerprint density at radius 3 is 2.25 bits per heavy atom. The van der Waals surface area contributed by atoms with E-state index in [2.05, 4.69) is 36.5 Å². The molecular weight excluding hydrogens is 250 g/mol. The Morgan fingerprint density at radius 1 is 1.15 bits per heavy atom. The SMILES string of the molecule is CCCNC(c1ccc(C2CCC2)cc1)C(OC)OC. The summed E-state index contributed by atoms with van der Waals surface area (Å²) >= 11 is 0. The summed E-state index contributed by atoms with van der Waals surface area (Å²) in [7, 11) is 3.38. The van der Waals surface area contributed by atoms with Gasteiger partial charge in [-0.1, -0.05) is 37.6 Å². The molecule has 3 nitrogen and oxygen atoms in total. The second kappa shape index (κ2) is 7.77. The van der Waals surface area contributed by atoms with E-state index in [0.717, 1.165) is 18.9 Å². The molecule has 0 aliphatic heterocycles. The van der Waals surface area contributed by atoms with Crippen molar-refractivity contribution in [1.82, 2.24) is 5.32 Å². The molecule has 0 aromatic heterocycles. The minimum Gasteiger partial charge on any atom is -0.354 e. The molecule has 0 bridgehead atoms. The first kappa shape index (κ1) is 15.5. The Labute approximate surface area is 122 Å². The average Bonchev–Trinajstić information content (AvgIpc) is 2.43. The third kappa shape index (κ3) is 3.60. The number of rotatable bonds is 8. The molecule has 112 valence electrons. The van der Waals surface area contributed by atoms with Gasteiger partial charge >= 0.3 is 0 Å². The molecule has 3 heteroatoms. The van der Waals surface area contributed by atoms with Gasteiger partial charge in [0.2, 0.25) is 0 Å². The first-order valence-electron chi connectivity index (χ1n) is 7.69. The number of methoxy groups -OCH3 is 2. The van der Waals surface area contributed by atoms with E-state index in [4.69, 9.17) is 9.47 Å². The third-order valence-corrected chi connectivity index (χ3v) is 4.22. The average molecular weight is 277 g/mol. The predicted octanol–water partition coefficient (Wildman–Crippen LogP) is 3.61. The summed E-state index contributed by atoms with van der Waals surface area (Å²) in [6.07, 6.45) is 4.90. The Bertz CT molecular complexity index is 382. The molecule has 1 aliphatic rings. The smallest absolute Gasteiger partial charge is 0.176 e. The van der Waals surface area contributed by atoms with Gasteiger partial charge in [0.15, 0.2) is 6.29 Å². The van der Waals surface area contributed by atoms with E-state index in [9.17, 15) is 0 Å². The zero-order valence-electron chi connectivity index (χ0n) is 12.9. The van der Waals surface area contributed by atoms with Gasteiger partial charge in [-0.15, -0.1) is 0 Å². The molecule has 0 radical (unpaired) electrons. The summed E-state index contributed by atoms with van der Waals surface area (Å²) in [5, 5.41) is 3.51. The van der Waals surface area contributed by atoms with Gasteiger partial charge in [-0.25, -0.2) is 0 Å². The van der Waals surface area contributed by atoms with Crippen molar-refractivity contribution in [3.63, 3.8) is 0 Å². The molecule has 1 N–H and O–H groups in total. The highest BCUT2D eigenvalue weighted by Gasteiger charge is 2.23. The molecule has 2 rings (SSSR count). The lowest BCUT2D eigenvalue weighted by molar-refractivity contribution is -0.124. The number of hydrogen-bond acceptors (Lipinski definition) is 3. The number of ether oxygens (including phenoxy) is 2. The first-order valence-corrected chi connectivity index (χ1v) is 7.69. The summed E-state index contributed by atoms with van der Waals surface area (Å²) in [5.74, 6) is 0.784. The van der Waals surface area contributed by atoms with Gasteiger partial charge in [0.25, 0.3) is 0 Å². The van der Waals surface area contributed by atoms with Gasteiger partial charge in [0.1, 0.15) is 0 Å². The van der Waals surface area contributed by atoms with E-state index >= 15 is 0 Å². The van der Waals surface area contributed by atoms with Crippen LogP contribution in [-0.2, 0) is 9.47 Å². The maximum Gasteiger partial charge on any atom is 0.176 e. The lowest BCUT2D eigenvalue weighted by atomic mass is 9.80. The van der Waals surface area contributed by atoms with Gasteiger partial charge in [-0.05, 0) is 42.9 Å². The summed E-state index contributed by atoms with van der Waals surface area (Å²) in [4.78, 5) is 0. The molecule has 0 saturated heterocycles. The Hall–Kier alpha value is -0.900. The van der Waals surface area contributed by atoms with Crippen molar-refractivity contribution >= 4 is 0 Å². The van der Waals surface area contributed by atoms with E-state index in [-0.39, 0.29) is 12.3 Å². The monoisotopic (exact) mass is 277 g/mol. The molecule has 0 heterocycles. The van der Waals surface area contributed by atoms with Crippen LogP contribution in [0, 0.1) is 0 Å². The second-order valence-electron chi connectivity index (χ2n) is 5.57. The number of hydrogen-bond donors (Lipinski definition) is 1. The first-order chi connectivity index (χ1) is 9.80. The molecule has 1 aromatic carbocycles. The van der Waals surface area contributed by atoms with Crippen molar-refractivity contribution < 1.29 is 9.47 Å². The molecule has 0 amide bonds. The Morgan fingerprint density at radius 2 is 1.80 bits per heavy atom. The Kier molecular flexibility index (Phi) is 6.02. The van der Waals surface area contributed by atoms with E-state index in [0.29, 0.717) is 0 Å². The predicted molar refractivity (Wildman–Crippen MR) is 81.9 cm³/mol. The lowest BCUT2D eigenvalue weighted by Gasteiger charge is -2.28. The molecule has 1 fully saturated rings. The van der Waals surface area contributed by atoms with Crippen LogP contribution in [0.5, 0.6) is 0 Å². The fourth-order valence-electron chi connectivity index (χ4n) is 2.76. The van der Waals surface area contributed by atoms with Crippen LogP contribution in [0.4, 0.5) is 0 Å². The molecule has 1 aliphatic carbocycles. The highest BCUT2D eigenvalue weighted by molar-refractivity contribution is 5.28. The van der Waals surface area contributed by atoms with Crippen LogP contribution in [0.2, 0.25) is 0 Å². The van der Waals surface area contributed by atoms with Crippen LogP contribution >= 0.6 is 0 Å². The Balaban J connectivity index is 2.09. The number of benzene rings is 1. The molecule has 1 saturated carbocycles. The van der Waals surface area contributed by atoms with Gasteiger partial charge in [-0.3, -0.25) is 0 Å². The van der Waals surface area contributed by atoms with Crippen molar-refractivity contribution in [1.29, 1.82) is 0 Å². The van der Waals surface area contributed by atoms with Crippen molar-refractivity contribution in [3.05, 3.63) is 35.4 Å². The van der Waals surface area contributed by atoms with Crippen LogP contribution < -0.4 is 5.32 Å². The summed E-state index contributed by atoms with van der Waals surface area (Å²) < 4.78 is 10.9. The molecule has 20 heavy (non-hydrogen) atoms. The van der Waals surface area contributed by atoms with Gasteiger partial charge in [0, 0.05) is 14.2 Å². The second-order valence-corrected chi connectivity index (χ2v) is 5.57. The fraction of sp³-hybridized carbons (Fsp3) is 0.647. The largest absolute Gasteiger partial charge is 0.354 e. The van der Waals surface area contributed by atoms with Crippen molar-refractivity contribution in [2.45, 2.75) is 50.9 Å². The van der Waals surface area contributed by atoms with Crippen LogP contribution in [0.25, 0.3) is 0 Å². The van der Waals surface area contributed by atoms with Crippen LogP contribution in [-0.4, -0.2) is 27.1 Å². The molecule has 1 aromatic rings. The normalized spacial score (nSPS) is 17.2. The van der Waals surface area contributed by atoms with E-state index in [1.54, 1.807) is 14.2 Å². The zero-order valence-corrected chi connectivity index (χ0v) is 12.9. The van der Waals surface area contributed by atoms with Crippen molar-refractivity contribution in [3.8, 4) is 0 Å². The molecular formula is C17H27NO2. The van der Waals surface area contributed by atoms with Crippen LogP contribution in [0.15, 0.2) is 24.3 Å². The maximum atomic E-state index is 5.44. The molecule has 1 unspecified atom stereocenters. The minimum atomic E-state index is -0.254. The van der Waals surface area contributed by atoms with E-state index < -0.39 is 0 Å². The lowest BCUT2D eigenvalue weighted by Crippen LogP contribution is -2.35. The highest BCUT2D eigenvalue weighted by Crippen LogP contribution is 2.36. The zero-order chi connectivity index (χ0) is 14.4. The standard InChI is InChI=1S/C17H27NO2/c1-4-12-18-16(17(19-2)20-3)15-10-8-14(9-11-15)13-6-5-7-13/h8-11,13,16-18H,4-7,12H2,1-3H3. The fourth-order valence-corrected chi connectivity index (χ4v) is 2.76. The quantitative estimate of drug-likeness (QED) is 0.736. The van der Waals surface area contributed by atoms with Crippen molar-refractivity contribution in [2.24, 2.45) is 0 Å². The molecule has 1 atom stereocenters. The third-order valence-electron chi connectivity index (χ3n) is 4.22. The maximum absolute atomic E-state index is 5.44. The summed E-state index contributed by atoms with van der Waals surface area (Å²) in [5.41, 5.74) is 2.70. The summed E-state index contributed by atoms with van der Waals surface area (Å²) in [6.45, 7) is 3.12. The van der Waals surface area contributed by atoms with E-state index in [1.165, 1.54) is 30.4 Å². The number of nitrogens with one attached hydrogen (secondary N) is 1. The topological polar surface area (TPSA) is 30.5 Å². The molecule has 0 spiro atoms. The van der Waals surface area contributed by atoms with Gasteiger partial charge in [0.05, 0.1) is 6.04 Å². The van der Waals surface area contributed by atoms with Crippen molar-refractivity contribution in [2.75, 3.05) is 20.8 Å². The van der Waals surface area contributed by atoms with Crippen LogP contribution in [0.3, 0.4) is 0 Å². The minimum absolute atomic E-state index is 0.0837.